The van der Waals surface area contributed by atoms with Crippen molar-refractivity contribution in [3.8, 4) is 18.1 Å². The SMILES string of the molecule is C#Cc1cccc(NC(=O)N[C@H]2CCOc3ccccc32)c1. The Morgan fingerprint density at radius 3 is 2.95 bits per heavy atom. The van der Waals surface area contributed by atoms with E-state index in [0.717, 1.165) is 23.3 Å². The molecule has 2 aromatic rings. The molecule has 110 valence electrons. The summed E-state index contributed by atoms with van der Waals surface area (Å²) < 4.78 is 5.59. The third-order valence-electron chi connectivity index (χ3n) is 3.55. The fourth-order valence-electron chi connectivity index (χ4n) is 2.50. The van der Waals surface area contributed by atoms with Crippen LogP contribution in [-0.4, -0.2) is 12.6 Å². The number of hydrogen-bond acceptors (Lipinski definition) is 2. The number of carbonyl (C=O) groups excluding carboxylic acids is 1. The zero-order chi connectivity index (χ0) is 15.4. The molecule has 0 aromatic heterocycles. The summed E-state index contributed by atoms with van der Waals surface area (Å²) in [7, 11) is 0. The lowest BCUT2D eigenvalue weighted by atomic mass is 10.0. The fourth-order valence-corrected chi connectivity index (χ4v) is 2.50. The van der Waals surface area contributed by atoms with Crippen LogP contribution in [0.3, 0.4) is 0 Å². The van der Waals surface area contributed by atoms with Crippen LogP contribution in [0.2, 0.25) is 0 Å². The van der Waals surface area contributed by atoms with Gasteiger partial charge in [-0.15, -0.1) is 6.42 Å². The predicted molar refractivity (Wildman–Crippen MR) is 85.8 cm³/mol. The molecule has 22 heavy (non-hydrogen) atoms. The van der Waals surface area contributed by atoms with Crippen molar-refractivity contribution in [2.75, 3.05) is 11.9 Å². The minimum absolute atomic E-state index is 0.0548. The zero-order valence-electron chi connectivity index (χ0n) is 12.0. The smallest absolute Gasteiger partial charge is 0.319 e. The predicted octanol–water partition coefficient (Wildman–Crippen LogP) is 3.31. The first-order valence-electron chi connectivity index (χ1n) is 7.12. The Morgan fingerprint density at radius 2 is 2.09 bits per heavy atom. The molecule has 1 atom stereocenters. The highest BCUT2D eigenvalue weighted by atomic mass is 16.5. The van der Waals surface area contributed by atoms with Gasteiger partial charge in [0.2, 0.25) is 0 Å². The van der Waals surface area contributed by atoms with E-state index in [0.29, 0.717) is 12.3 Å². The van der Waals surface area contributed by atoms with Crippen LogP contribution >= 0.6 is 0 Å². The molecule has 1 aliphatic rings. The maximum absolute atomic E-state index is 12.2. The second-order valence-corrected chi connectivity index (χ2v) is 5.05. The van der Waals surface area contributed by atoms with Gasteiger partial charge >= 0.3 is 6.03 Å². The summed E-state index contributed by atoms with van der Waals surface area (Å²) in [5, 5.41) is 5.79. The van der Waals surface area contributed by atoms with Crippen molar-refractivity contribution in [1.82, 2.24) is 5.32 Å². The van der Waals surface area contributed by atoms with Gasteiger partial charge < -0.3 is 15.4 Å². The molecular formula is C18H16N2O2. The van der Waals surface area contributed by atoms with Crippen molar-refractivity contribution in [3.05, 3.63) is 59.7 Å². The minimum atomic E-state index is -0.254. The number of ether oxygens (including phenoxy) is 1. The normalized spacial score (nSPS) is 15.9. The first-order valence-corrected chi connectivity index (χ1v) is 7.12. The third-order valence-corrected chi connectivity index (χ3v) is 3.55. The number of hydrogen-bond donors (Lipinski definition) is 2. The van der Waals surface area contributed by atoms with Crippen molar-refractivity contribution in [2.45, 2.75) is 12.5 Å². The van der Waals surface area contributed by atoms with Crippen molar-refractivity contribution in [2.24, 2.45) is 0 Å². The topological polar surface area (TPSA) is 50.4 Å². The van der Waals surface area contributed by atoms with Crippen molar-refractivity contribution in [3.63, 3.8) is 0 Å². The summed E-state index contributed by atoms with van der Waals surface area (Å²) in [6.45, 7) is 0.592. The maximum Gasteiger partial charge on any atom is 0.319 e. The standard InChI is InChI=1S/C18H16N2O2/c1-2-13-6-5-7-14(12-13)19-18(21)20-16-10-11-22-17-9-4-3-8-15(16)17/h1,3-9,12,16H,10-11H2,(H2,19,20,21)/t16-/m0/s1. The van der Waals surface area contributed by atoms with Gasteiger partial charge in [0.25, 0.3) is 0 Å². The maximum atomic E-state index is 12.2. The lowest BCUT2D eigenvalue weighted by Crippen LogP contribution is -2.35. The number of carbonyl (C=O) groups is 1. The van der Waals surface area contributed by atoms with E-state index in [9.17, 15) is 4.79 Å². The summed E-state index contributed by atoms with van der Waals surface area (Å²) in [4.78, 5) is 12.2. The number of urea groups is 1. The summed E-state index contributed by atoms with van der Waals surface area (Å²) in [5.74, 6) is 3.37. The molecule has 2 aromatic carbocycles. The molecule has 0 bridgehead atoms. The quantitative estimate of drug-likeness (QED) is 0.834. The van der Waals surface area contributed by atoms with E-state index in [1.165, 1.54) is 0 Å². The number of anilines is 1. The number of terminal acetylenes is 1. The minimum Gasteiger partial charge on any atom is -0.493 e. The number of para-hydroxylation sites is 1. The second kappa shape index (κ2) is 6.23. The van der Waals surface area contributed by atoms with Crippen molar-refractivity contribution in [1.29, 1.82) is 0 Å². The lowest BCUT2D eigenvalue weighted by Gasteiger charge is -2.26. The van der Waals surface area contributed by atoms with Gasteiger partial charge in [0.05, 0.1) is 12.6 Å². The van der Waals surface area contributed by atoms with Gasteiger partial charge in [-0.05, 0) is 24.3 Å². The van der Waals surface area contributed by atoms with Crippen molar-refractivity contribution < 1.29 is 9.53 Å². The van der Waals surface area contributed by atoms with Gasteiger partial charge in [-0.25, -0.2) is 4.79 Å². The highest BCUT2D eigenvalue weighted by Gasteiger charge is 2.22. The molecular weight excluding hydrogens is 276 g/mol. The number of rotatable bonds is 2. The molecule has 2 N–H and O–H groups in total. The van der Waals surface area contributed by atoms with Gasteiger partial charge in [-0.1, -0.05) is 30.2 Å². The third kappa shape index (κ3) is 3.04. The lowest BCUT2D eigenvalue weighted by molar-refractivity contribution is 0.232. The van der Waals surface area contributed by atoms with E-state index in [1.54, 1.807) is 12.1 Å². The summed E-state index contributed by atoms with van der Waals surface area (Å²) >= 11 is 0. The molecule has 3 rings (SSSR count). The molecule has 0 saturated carbocycles. The molecule has 0 fully saturated rings. The van der Waals surface area contributed by atoms with Crippen molar-refractivity contribution >= 4 is 11.7 Å². The van der Waals surface area contributed by atoms with E-state index in [2.05, 4.69) is 16.6 Å². The van der Waals surface area contributed by atoms with Gasteiger partial charge in [0.15, 0.2) is 0 Å². The van der Waals surface area contributed by atoms with Gasteiger partial charge in [0.1, 0.15) is 5.75 Å². The number of benzene rings is 2. The van der Waals surface area contributed by atoms with Crippen LogP contribution in [0.4, 0.5) is 10.5 Å². The molecule has 4 heteroatoms. The van der Waals surface area contributed by atoms with Gasteiger partial charge in [0, 0.05) is 23.2 Å². The zero-order valence-corrected chi connectivity index (χ0v) is 12.0. The Hall–Kier alpha value is -2.93. The van der Waals surface area contributed by atoms with E-state index in [4.69, 9.17) is 11.2 Å². The average molecular weight is 292 g/mol. The van der Waals surface area contributed by atoms with Crippen LogP contribution in [0.25, 0.3) is 0 Å². The number of amides is 2. The summed E-state index contributed by atoms with van der Waals surface area (Å²) in [5.41, 5.74) is 2.41. The molecule has 0 unspecified atom stereocenters. The van der Waals surface area contributed by atoms with Crippen LogP contribution < -0.4 is 15.4 Å². The van der Waals surface area contributed by atoms with Crippen LogP contribution in [-0.2, 0) is 0 Å². The van der Waals surface area contributed by atoms with Gasteiger partial charge in [-0.3, -0.25) is 0 Å². The first-order chi connectivity index (χ1) is 10.8. The molecule has 2 amide bonds. The summed E-state index contributed by atoms with van der Waals surface area (Å²) in [6, 6.07) is 14.6. The second-order valence-electron chi connectivity index (χ2n) is 5.05. The Bertz CT molecular complexity index is 734. The summed E-state index contributed by atoms with van der Waals surface area (Å²) in [6.07, 6.45) is 6.10. The number of fused-ring (bicyclic) bond motifs is 1. The molecule has 4 nitrogen and oxygen atoms in total. The van der Waals surface area contributed by atoms with Crippen LogP contribution in [0, 0.1) is 12.3 Å². The van der Waals surface area contributed by atoms with Crippen LogP contribution in [0.15, 0.2) is 48.5 Å². The van der Waals surface area contributed by atoms with E-state index < -0.39 is 0 Å². The molecule has 0 aliphatic carbocycles. The van der Waals surface area contributed by atoms with Gasteiger partial charge in [-0.2, -0.15) is 0 Å². The van der Waals surface area contributed by atoms with E-state index in [1.807, 2.05) is 36.4 Å². The largest absolute Gasteiger partial charge is 0.493 e. The molecule has 1 aliphatic heterocycles. The Labute approximate surface area is 129 Å². The molecule has 0 spiro atoms. The number of nitrogens with one attached hydrogen (secondary N) is 2. The molecule has 1 heterocycles. The molecule has 0 radical (unpaired) electrons. The van der Waals surface area contributed by atoms with E-state index >= 15 is 0 Å². The monoisotopic (exact) mass is 292 g/mol. The Kier molecular flexibility index (Phi) is 3.97. The Balaban J connectivity index is 1.69. The van der Waals surface area contributed by atoms with Crippen LogP contribution in [0.1, 0.15) is 23.6 Å². The average Bonchev–Trinajstić information content (AvgIpc) is 2.55. The fraction of sp³-hybridized carbons (Fsp3) is 0.167. The van der Waals surface area contributed by atoms with Crippen LogP contribution in [0.5, 0.6) is 5.75 Å². The first kappa shape index (κ1) is 14.0. The Morgan fingerprint density at radius 1 is 1.23 bits per heavy atom. The van der Waals surface area contributed by atoms with E-state index in [-0.39, 0.29) is 12.1 Å². The highest BCUT2D eigenvalue weighted by Crippen LogP contribution is 2.31. The highest BCUT2D eigenvalue weighted by molar-refractivity contribution is 5.89. The molecule has 0 saturated heterocycles.